The Morgan fingerprint density at radius 2 is 2.09 bits per heavy atom. The standard InChI is InChI=1S/C24H25ClN4O3S/c1-3-4-12-32-22(31)20-15(2)26-23-27-24(33-14-17-8-5-6-11-19(17)25)28-29(23)21(20)16-9-7-10-18(30)13-16/h5-11,13,21,30H,3-4,12,14H2,1-2H3,(H,26,27,28). The van der Waals surface area contributed by atoms with Gasteiger partial charge in [0.1, 0.15) is 11.8 Å². The van der Waals surface area contributed by atoms with E-state index in [1.807, 2.05) is 44.2 Å². The maximum Gasteiger partial charge on any atom is 0.338 e. The van der Waals surface area contributed by atoms with Crippen molar-refractivity contribution in [2.24, 2.45) is 0 Å². The van der Waals surface area contributed by atoms with Crippen molar-refractivity contribution in [3.05, 3.63) is 76.0 Å². The third kappa shape index (κ3) is 5.17. The van der Waals surface area contributed by atoms with Crippen LogP contribution in [0, 0.1) is 0 Å². The van der Waals surface area contributed by atoms with Crippen LogP contribution in [0.5, 0.6) is 5.75 Å². The number of thioether (sulfide) groups is 1. The number of rotatable bonds is 8. The number of hydrogen-bond acceptors (Lipinski definition) is 7. The predicted octanol–water partition coefficient (Wildman–Crippen LogP) is 5.56. The van der Waals surface area contributed by atoms with Crippen molar-refractivity contribution in [2.45, 2.75) is 43.6 Å². The van der Waals surface area contributed by atoms with Crippen molar-refractivity contribution < 1.29 is 14.6 Å². The van der Waals surface area contributed by atoms with E-state index >= 15 is 0 Å². The van der Waals surface area contributed by atoms with Crippen LogP contribution in [0.25, 0.3) is 0 Å². The number of carbonyl (C=O) groups excluding carboxylic acids is 1. The molecule has 9 heteroatoms. The van der Waals surface area contributed by atoms with E-state index < -0.39 is 12.0 Å². The van der Waals surface area contributed by atoms with E-state index in [9.17, 15) is 9.90 Å². The van der Waals surface area contributed by atoms with Crippen molar-refractivity contribution in [3.63, 3.8) is 0 Å². The second-order valence-corrected chi connectivity index (χ2v) is 9.04. The van der Waals surface area contributed by atoms with Crippen molar-refractivity contribution in [3.8, 4) is 5.75 Å². The summed E-state index contributed by atoms with van der Waals surface area (Å²) in [5.74, 6) is 0.830. The first-order chi connectivity index (χ1) is 16.0. The SMILES string of the molecule is CCCCOC(=O)C1=C(C)Nc2nc(SCc3ccccc3Cl)nn2C1c1cccc(O)c1. The van der Waals surface area contributed by atoms with E-state index in [2.05, 4.69) is 15.4 Å². The number of esters is 1. The molecule has 0 fully saturated rings. The van der Waals surface area contributed by atoms with Crippen LogP contribution in [0.2, 0.25) is 5.02 Å². The minimum atomic E-state index is -0.579. The molecule has 0 amide bonds. The van der Waals surface area contributed by atoms with E-state index in [4.69, 9.17) is 16.3 Å². The number of benzene rings is 2. The maximum absolute atomic E-state index is 13.1. The number of ether oxygens (including phenoxy) is 1. The van der Waals surface area contributed by atoms with Gasteiger partial charge in [0.05, 0.1) is 12.2 Å². The number of phenols is 1. The number of nitrogens with zero attached hydrogens (tertiary/aromatic N) is 3. The van der Waals surface area contributed by atoms with Crippen molar-refractivity contribution in [1.82, 2.24) is 14.8 Å². The van der Waals surface area contributed by atoms with Gasteiger partial charge in [-0.1, -0.05) is 67.0 Å². The second kappa shape index (κ2) is 10.3. The molecule has 2 heterocycles. The fourth-order valence-electron chi connectivity index (χ4n) is 3.60. The fraction of sp³-hybridized carbons (Fsp3) is 0.292. The molecular weight excluding hydrogens is 460 g/mol. The predicted molar refractivity (Wildman–Crippen MR) is 129 cm³/mol. The molecule has 4 rings (SSSR count). The van der Waals surface area contributed by atoms with Crippen LogP contribution in [-0.2, 0) is 15.3 Å². The third-order valence-corrected chi connectivity index (χ3v) is 6.54. The molecule has 0 saturated carbocycles. The average Bonchev–Trinajstić information content (AvgIpc) is 3.20. The first-order valence-electron chi connectivity index (χ1n) is 10.7. The monoisotopic (exact) mass is 484 g/mol. The lowest BCUT2D eigenvalue weighted by molar-refractivity contribution is -0.139. The van der Waals surface area contributed by atoms with Gasteiger partial charge in [0.2, 0.25) is 11.1 Å². The highest BCUT2D eigenvalue weighted by atomic mass is 35.5. The number of allylic oxidation sites excluding steroid dienone is 1. The van der Waals surface area contributed by atoms with E-state index in [-0.39, 0.29) is 5.75 Å². The highest BCUT2D eigenvalue weighted by Gasteiger charge is 2.35. The zero-order valence-electron chi connectivity index (χ0n) is 18.4. The molecular formula is C24H25ClN4O3S. The van der Waals surface area contributed by atoms with Gasteiger partial charge < -0.3 is 15.2 Å². The number of aromatic nitrogens is 3. The van der Waals surface area contributed by atoms with Gasteiger partial charge in [0, 0.05) is 16.5 Å². The van der Waals surface area contributed by atoms with Crippen LogP contribution in [-0.4, -0.2) is 32.4 Å². The number of hydrogen-bond donors (Lipinski definition) is 2. The van der Waals surface area contributed by atoms with Gasteiger partial charge in [-0.15, -0.1) is 5.10 Å². The average molecular weight is 485 g/mol. The second-order valence-electron chi connectivity index (χ2n) is 7.69. The van der Waals surface area contributed by atoms with E-state index in [1.165, 1.54) is 11.8 Å². The zero-order valence-corrected chi connectivity index (χ0v) is 20.0. The molecule has 1 atom stereocenters. The fourth-order valence-corrected chi connectivity index (χ4v) is 4.72. The first-order valence-corrected chi connectivity index (χ1v) is 12.1. The summed E-state index contributed by atoms with van der Waals surface area (Å²) in [5, 5.41) is 19.2. The Hall–Kier alpha value is -2.97. The van der Waals surface area contributed by atoms with Crippen molar-refractivity contribution >= 4 is 35.3 Å². The van der Waals surface area contributed by atoms with Crippen LogP contribution < -0.4 is 5.32 Å². The van der Waals surface area contributed by atoms with E-state index in [0.717, 1.165) is 18.4 Å². The summed E-state index contributed by atoms with van der Waals surface area (Å²) in [6.07, 6.45) is 1.72. The Bertz CT molecular complexity index is 1190. The zero-order chi connectivity index (χ0) is 23.4. The molecule has 1 unspecified atom stereocenters. The molecule has 1 aromatic heterocycles. The number of phenolic OH excluding ortho intramolecular Hbond substituents is 1. The molecule has 0 saturated heterocycles. The Morgan fingerprint density at radius 1 is 1.27 bits per heavy atom. The van der Waals surface area contributed by atoms with E-state index in [0.29, 0.717) is 45.3 Å². The van der Waals surface area contributed by atoms with Crippen LogP contribution >= 0.6 is 23.4 Å². The minimum Gasteiger partial charge on any atom is -0.508 e. The Morgan fingerprint density at radius 3 is 2.85 bits per heavy atom. The molecule has 33 heavy (non-hydrogen) atoms. The lowest BCUT2D eigenvalue weighted by Crippen LogP contribution is -2.29. The summed E-state index contributed by atoms with van der Waals surface area (Å²) in [6.45, 7) is 4.21. The van der Waals surface area contributed by atoms with Gasteiger partial charge in [-0.3, -0.25) is 0 Å². The number of aromatic hydroxyl groups is 1. The number of fused-ring (bicyclic) bond motifs is 1. The quantitative estimate of drug-likeness (QED) is 0.245. The molecule has 0 spiro atoms. The van der Waals surface area contributed by atoms with E-state index in [1.54, 1.807) is 22.9 Å². The third-order valence-electron chi connectivity index (χ3n) is 5.28. The molecule has 7 nitrogen and oxygen atoms in total. The molecule has 3 aromatic rings. The summed E-state index contributed by atoms with van der Waals surface area (Å²) in [5.41, 5.74) is 2.79. The normalized spacial score (nSPS) is 15.2. The topological polar surface area (TPSA) is 89.3 Å². The Balaban J connectivity index is 1.67. The van der Waals surface area contributed by atoms with Crippen LogP contribution in [0.3, 0.4) is 0 Å². The Kier molecular flexibility index (Phi) is 7.25. The molecule has 2 N–H and O–H groups in total. The number of anilines is 1. The molecule has 1 aliphatic heterocycles. The van der Waals surface area contributed by atoms with Gasteiger partial charge in [-0.2, -0.15) is 4.98 Å². The highest BCUT2D eigenvalue weighted by Crippen LogP contribution is 2.38. The Labute approximate surface area is 201 Å². The van der Waals surface area contributed by atoms with Gasteiger partial charge >= 0.3 is 5.97 Å². The van der Waals surface area contributed by atoms with Gasteiger partial charge in [-0.25, -0.2) is 9.48 Å². The van der Waals surface area contributed by atoms with Crippen LogP contribution in [0.15, 0.2) is 65.0 Å². The summed E-state index contributed by atoms with van der Waals surface area (Å²) in [4.78, 5) is 17.7. The summed E-state index contributed by atoms with van der Waals surface area (Å²) in [6, 6.07) is 13.9. The van der Waals surface area contributed by atoms with Gasteiger partial charge in [0.15, 0.2) is 0 Å². The first kappa shape index (κ1) is 23.2. The minimum absolute atomic E-state index is 0.109. The molecule has 172 valence electrons. The number of nitrogens with one attached hydrogen (secondary N) is 1. The largest absolute Gasteiger partial charge is 0.508 e. The lowest BCUT2D eigenvalue weighted by Gasteiger charge is -2.28. The van der Waals surface area contributed by atoms with Gasteiger partial charge in [0.25, 0.3) is 0 Å². The maximum atomic E-state index is 13.1. The summed E-state index contributed by atoms with van der Waals surface area (Å²) >= 11 is 7.74. The van der Waals surface area contributed by atoms with Crippen LogP contribution in [0.4, 0.5) is 5.95 Å². The summed E-state index contributed by atoms with van der Waals surface area (Å²) < 4.78 is 7.21. The number of halogens is 1. The van der Waals surface area contributed by atoms with Crippen molar-refractivity contribution in [1.29, 1.82) is 0 Å². The lowest BCUT2D eigenvalue weighted by atomic mass is 9.95. The van der Waals surface area contributed by atoms with Crippen molar-refractivity contribution in [2.75, 3.05) is 11.9 Å². The number of unbranched alkanes of at least 4 members (excludes halogenated alkanes) is 1. The van der Waals surface area contributed by atoms with Crippen LogP contribution in [0.1, 0.15) is 43.9 Å². The molecule has 0 aliphatic carbocycles. The summed E-state index contributed by atoms with van der Waals surface area (Å²) in [7, 11) is 0. The highest BCUT2D eigenvalue weighted by molar-refractivity contribution is 7.98. The molecule has 1 aliphatic rings. The van der Waals surface area contributed by atoms with Gasteiger partial charge in [-0.05, 0) is 42.7 Å². The molecule has 0 radical (unpaired) electrons. The number of carbonyl (C=O) groups is 1. The smallest absolute Gasteiger partial charge is 0.338 e. The molecule has 2 aromatic carbocycles. The molecule has 0 bridgehead atoms.